The molecular formula is C10H8FNO2. The Morgan fingerprint density at radius 3 is 2.93 bits per heavy atom. The first kappa shape index (κ1) is 7.79. The van der Waals surface area contributed by atoms with E-state index in [0.29, 0.717) is 11.4 Å². The molecule has 0 saturated heterocycles. The van der Waals surface area contributed by atoms with Gasteiger partial charge in [-0.15, -0.1) is 0 Å². The zero-order valence-corrected chi connectivity index (χ0v) is 7.34. The molecule has 0 bridgehead atoms. The van der Waals surface area contributed by atoms with Gasteiger partial charge < -0.3 is 10.1 Å². The van der Waals surface area contributed by atoms with E-state index in [4.69, 9.17) is 4.74 Å². The lowest BCUT2D eigenvalue weighted by molar-refractivity contribution is -0.125. The van der Waals surface area contributed by atoms with Crippen LogP contribution in [-0.2, 0) is 4.79 Å². The van der Waals surface area contributed by atoms with Crippen molar-refractivity contribution < 1.29 is 13.9 Å². The van der Waals surface area contributed by atoms with Crippen molar-refractivity contribution in [3.63, 3.8) is 0 Å². The first-order valence-corrected chi connectivity index (χ1v) is 4.50. The van der Waals surface area contributed by atoms with E-state index in [1.54, 1.807) is 6.07 Å². The van der Waals surface area contributed by atoms with Crippen LogP contribution in [0.25, 0.3) is 0 Å². The molecule has 0 atom stereocenters. The van der Waals surface area contributed by atoms with Crippen LogP contribution in [0.3, 0.4) is 0 Å². The molecule has 1 spiro atoms. The molecule has 1 amide bonds. The fraction of sp³-hybridized carbons (Fsp3) is 0.300. The average molecular weight is 193 g/mol. The quantitative estimate of drug-likeness (QED) is 0.680. The number of halogens is 1. The summed E-state index contributed by atoms with van der Waals surface area (Å²) in [7, 11) is 0. The molecule has 1 aromatic carbocycles. The highest BCUT2D eigenvalue weighted by molar-refractivity contribution is 6.02. The molecule has 1 aromatic rings. The predicted molar refractivity (Wildman–Crippen MR) is 47.6 cm³/mol. The third-order valence-corrected chi connectivity index (χ3v) is 2.61. The number of anilines is 1. The second-order valence-corrected chi connectivity index (χ2v) is 3.69. The van der Waals surface area contributed by atoms with Crippen molar-refractivity contribution in [2.75, 3.05) is 5.32 Å². The number of rotatable bonds is 0. The number of hydrogen-bond acceptors (Lipinski definition) is 2. The zero-order chi connectivity index (χ0) is 9.76. The molecule has 1 saturated carbocycles. The average Bonchev–Trinajstić information content (AvgIpc) is 2.89. The molecule has 4 heteroatoms. The van der Waals surface area contributed by atoms with Gasteiger partial charge in [-0.05, 0) is 12.1 Å². The van der Waals surface area contributed by atoms with Crippen molar-refractivity contribution in [2.24, 2.45) is 0 Å². The van der Waals surface area contributed by atoms with Gasteiger partial charge in [0.2, 0.25) is 0 Å². The summed E-state index contributed by atoms with van der Waals surface area (Å²) in [5.41, 5.74) is -0.224. The molecule has 3 rings (SSSR count). The van der Waals surface area contributed by atoms with Gasteiger partial charge in [-0.25, -0.2) is 4.39 Å². The summed E-state index contributed by atoms with van der Waals surface area (Å²) in [6, 6.07) is 4.14. The van der Waals surface area contributed by atoms with Crippen LogP contribution in [0.2, 0.25) is 0 Å². The largest absolute Gasteiger partial charge is 0.475 e. The predicted octanol–water partition coefficient (Wildman–Crippen LogP) is 1.69. The molecule has 0 unspecified atom stereocenters. The number of amides is 1. The lowest BCUT2D eigenvalue weighted by atomic mass is 10.2. The second-order valence-electron chi connectivity index (χ2n) is 3.69. The minimum absolute atomic E-state index is 0.157. The second kappa shape index (κ2) is 2.26. The minimum Gasteiger partial charge on any atom is -0.475 e. The Kier molecular flexibility index (Phi) is 1.26. The number of benzene rings is 1. The van der Waals surface area contributed by atoms with E-state index in [1.807, 2.05) is 0 Å². The molecule has 1 fully saturated rings. The van der Waals surface area contributed by atoms with E-state index >= 15 is 0 Å². The van der Waals surface area contributed by atoms with Crippen LogP contribution in [0.4, 0.5) is 10.1 Å². The Morgan fingerprint density at radius 2 is 2.21 bits per heavy atom. The van der Waals surface area contributed by atoms with Gasteiger partial charge in [-0.1, -0.05) is 0 Å². The number of hydrogen-bond donors (Lipinski definition) is 1. The Bertz CT molecular complexity index is 426. The Hall–Kier alpha value is -1.58. The van der Waals surface area contributed by atoms with Gasteiger partial charge in [0.25, 0.3) is 5.91 Å². The maximum Gasteiger partial charge on any atom is 0.268 e. The van der Waals surface area contributed by atoms with Crippen molar-refractivity contribution in [1.29, 1.82) is 0 Å². The number of ether oxygens (including phenoxy) is 1. The molecule has 0 radical (unpaired) electrons. The molecule has 1 aliphatic heterocycles. The summed E-state index contributed by atoms with van der Waals surface area (Å²) in [6.45, 7) is 0. The number of carbonyl (C=O) groups is 1. The van der Waals surface area contributed by atoms with Gasteiger partial charge in [0.1, 0.15) is 11.6 Å². The summed E-state index contributed by atoms with van der Waals surface area (Å²) in [4.78, 5) is 11.5. The SMILES string of the molecule is O=C1Nc2cc(F)ccc2OC12CC2. The normalized spacial score (nSPS) is 21.1. The molecule has 72 valence electrons. The van der Waals surface area contributed by atoms with Gasteiger partial charge in [0.05, 0.1) is 5.69 Å². The molecule has 1 heterocycles. The topological polar surface area (TPSA) is 38.3 Å². The molecule has 3 nitrogen and oxygen atoms in total. The summed E-state index contributed by atoms with van der Waals surface area (Å²) >= 11 is 0. The molecule has 1 N–H and O–H groups in total. The monoisotopic (exact) mass is 193 g/mol. The van der Waals surface area contributed by atoms with Crippen molar-refractivity contribution >= 4 is 11.6 Å². The first-order chi connectivity index (χ1) is 6.70. The maximum atomic E-state index is 12.8. The van der Waals surface area contributed by atoms with E-state index in [-0.39, 0.29) is 11.7 Å². The van der Waals surface area contributed by atoms with Crippen molar-refractivity contribution in [1.82, 2.24) is 0 Å². The maximum absolute atomic E-state index is 12.8. The smallest absolute Gasteiger partial charge is 0.268 e. The molecular weight excluding hydrogens is 185 g/mol. The van der Waals surface area contributed by atoms with Crippen molar-refractivity contribution in [3.8, 4) is 5.75 Å². The highest BCUT2D eigenvalue weighted by Gasteiger charge is 2.55. The van der Waals surface area contributed by atoms with E-state index in [2.05, 4.69) is 5.32 Å². The molecule has 1 aliphatic carbocycles. The highest BCUT2D eigenvalue weighted by atomic mass is 19.1. The van der Waals surface area contributed by atoms with Crippen molar-refractivity contribution in [2.45, 2.75) is 18.4 Å². The first-order valence-electron chi connectivity index (χ1n) is 4.50. The number of carbonyl (C=O) groups excluding carboxylic acids is 1. The lowest BCUT2D eigenvalue weighted by Gasteiger charge is -2.25. The summed E-state index contributed by atoms with van der Waals surface area (Å²) in [5, 5.41) is 2.65. The van der Waals surface area contributed by atoms with Gasteiger partial charge in [0.15, 0.2) is 5.60 Å². The zero-order valence-electron chi connectivity index (χ0n) is 7.34. The van der Waals surface area contributed by atoms with Crippen LogP contribution in [0, 0.1) is 5.82 Å². The van der Waals surface area contributed by atoms with Gasteiger partial charge in [0, 0.05) is 18.9 Å². The van der Waals surface area contributed by atoms with E-state index < -0.39 is 5.60 Å². The van der Waals surface area contributed by atoms with Gasteiger partial charge in [-0.3, -0.25) is 4.79 Å². The number of nitrogens with one attached hydrogen (secondary N) is 1. The third kappa shape index (κ3) is 0.937. The molecule has 0 aromatic heterocycles. The molecule has 2 aliphatic rings. The van der Waals surface area contributed by atoms with E-state index in [1.165, 1.54) is 12.1 Å². The van der Waals surface area contributed by atoms with Gasteiger partial charge in [-0.2, -0.15) is 0 Å². The van der Waals surface area contributed by atoms with E-state index in [9.17, 15) is 9.18 Å². The fourth-order valence-electron chi connectivity index (χ4n) is 1.62. The van der Waals surface area contributed by atoms with Gasteiger partial charge >= 0.3 is 0 Å². The summed E-state index contributed by atoms with van der Waals surface area (Å²) < 4.78 is 18.3. The minimum atomic E-state index is -0.648. The Labute approximate surface area is 79.9 Å². The summed E-state index contributed by atoms with van der Waals surface area (Å²) in [5.74, 6) is 0.0264. The fourth-order valence-corrected chi connectivity index (χ4v) is 1.62. The lowest BCUT2D eigenvalue weighted by Crippen LogP contribution is -2.39. The highest BCUT2D eigenvalue weighted by Crippen LogP contribution is 2.46. The van der Waals surface area contributed by atoms with Crippen LogP contribution >= 0.6 is 0 Å². The van der Waals surface area contributed by atoms with Crippen molar-refractivity contribution in [3.05, 3.63) is 24.0 Å². The molecule has 14 heavy (non-hydrogen) atoms. The van der Waals surface area contributed by atoms with Crippen LogP contribution in [0.5, 0.6) is 5.75 Å². The van der Waals surface area contributed by atoms with E-state index in [0.717, 1.165) is 12.8 Å². The summed E-state index contributed by atoms with van der Waals surface area (Å²) in [6.07, 6.45) is 1.49. The standard InChI is InChI=1S/C10H8FNO2/c11-6-1-2-8-7(5-6)12-9(13)10(14-8)3-4-10/h1-2,5H,3-4H2,(H,12,13). The number of fused-ring (bicyclic) bond motifs is 1. The Morgan fingerprint density at radius 1 is 1.43 bits per heavy atom. The van der Waals surface area contributed by atoms with Crippen LogP contribution in [0.1, 0.15) is 12.8 Å². The Balaban J connectivity index is 2.06. The third-order valence-electron chi connectivity index (χ3n) is 2.61. The van der Waals surface area contributed by atoms with Crippen LogP contribution in [0.15, 0.2) is 18.2 Å². The van der Waals surface area contributed by atoms with Crippen LogP contribution in [-0.4, -0.2) is 11.5 Å². The van der Waals surface area contributed by atoms with Crippen LogP contribution < -0.4 is 10.1 Å².